The highest BCUT2D eigenvalue weighted by Gasteiger charge is 2.13. The lowest BCUT2D eigenvalue weighted by atomic mass is 9.87. The molecule has 0 aliphatic carbocycles. The van der Waals surface area contributed by atoms with E-state index in [0.29, 0.717) is 12.2 Å². The van der Waals surface area contributed by atoms with Crippen LogP contribution in [0.2, 0.25) is 0 Å². The highest BCUT2D eigenvalue weighted by Crippen LogP contribution is 2.24. The number of phenolic OH excluding ortho intramolecular Hbond substituents is 1. The molecule has 1 amide bonds. The summed E-state index contributed by atoms with van der Waals surface area (Å²) in [6.45, 7) is 8.28. The van der Waals surface area contributed by atoms with E-state index in [1.807, 2.05) is 31.2 Å². The molecule has 0 atom stereocenters. The van der Waals surface area contributed by atoms with Crippen LogP contribution in [0.5, 0.6) is 11.5 Å². The molecule has 0 aliphatic rings. The van der Waals surface area contributed by atoms with Gasteiger partial charge in [-0.3, -0.25) is 4.79 Å². The van der Waals surface area contributed by atoms with E-state index >= 15 is 0 Å². The molecule has 0 aromatic heterocycles. The van der Waals surface area contributed by atoms with E-state index in [1.165, 1.54) is 5.56 Å². The molecule has 2 aromatic rings. The smallest absolute Gasteiger partial charge is 0.277 e. The molecular weight excluding hydrogens is 328 g/mol. The van der Waals surface area contributed by atoms with E-state index < -0.39 is 0 Å². The van der Waals surface area contributed by atoms with Crippen molar-refractivity contribution in [3.63, 3.8) is 0 Å². The van der Waals surface area contributed by atoms with E-state index in [1.54, 1.807) is 24.3 Å². The van der Waals surface area contributed by atoms with Crippen molar-refractivity contribution in [1.82, 2.24) is 5.43 Å². The van der Waals surface area contributed by atoms with Crippen LogP contribution in [0.4, 0.5) is 0 Å². The molecule has 0 bridgehead atoms. The Hall–Kier alpha value is -2.82. The van der Waals surface area contributed by atoms with Crippen molar-refractivity contribution in [3.05, 3.63) is 59.7 Å². The third-order valence-electron chi connectivity index (χ3n) is 3.94. The zero-order valence-electron chi connectivity index (χ0n) is 15.7. The maximum Gasteiger partial charge on any atom is 0.277 e. The number of nitrogens with zero attached hydrogens (tertiary/aromatic N) is 1. The Morgan fingerprint density at radius 3 is 2.23 bits per heavy atom. The number of carbonyl (C=O) groups is 1. The van der Waals surface area contributed by atoms with Gasteiger partial charge >= 0.3 is 0 Å². The van der Waals surface area contributed by atoms with Gasteiger partial charge in [0.05, 0.1) is 5.71 Å². The van der Waals surface area contributed by atoms with Gasteiger partial charge in [0.15, 0.2) is 6.61 Å². The van der Waals surface area contributed by atoms with Gasteiger partial charge in [-0.1, -0.05) is 39.8 Å². The minimum absolute atomic E-state index is 0.0788. The lowest BCUT2D eigenvalue weighted by molar-refractivity contribution is -0.123. The first-order valence-electron chi connectivity index (χ1n) is 8.67. The minimum Gasteiger partial charge on any atom is -0.508 e. The first-order valence-corrected chi connectivity index (χ1v) is 8.67. The molecule has 0 heterocycles. The number of hydrogen-bond donors (Lipinski definition) is 2. The molecule has 2 rings (SSSR count). The van der Waals surface area contributed by atoms with Crippen LogP contribution in [0.3, 0.4) is 0 Å². The van der Waals surface area contributed by atoms with Gasteiger partial charge in [-0.15, -0.1) is 0 Å². The lowest BCUT2D eigenvalue weighted by Crippen LogP contribution is -2.26. The molecule has 0 radical (unpaired) electrons. The van der Waals surface area contributed by atoms with Crippen LogP contribution in [0.1, 0.15) is 45.2 Å². The Morgan fingerprint density at radius 1 is 1.08 bits per heavy atom. The molecule has 5 nitrogen and oxygen atoms in total. The number of amides is 1. The molecule has 5 heteroatoms. The summed E-state index contributed by atoms with van der Waals surface area (Å²) >= 11 is 0. The molecule has 0 saturated carbocycles. The van der Waals surface area contributed by atoms with E-state index in [4.69, 9.17) is 4.74 Å². The van der Waals surface area contributed by atoms with Gasteiger partial charge in [0.2, 0.25) is 0 Å². The summed E-state index contributed by atoms with van der Waals surface area (Å²) in [6.07, 6.45) is 0.653. The SMILES string of the molecule is CC/C(=N\NC(=O)COc1ccc(C(C)(C)C)cc1)c1ccc(O)cc1. The van der Waals surface area contributed by atoms with Crippen LogP contribution < -0.4 is 10.2 Å². The number of aromatic hydroxyl groups is 1. The second-order valence-electron chi connectivity index (χ2n) is 7.06. The Balaban J connectivity index is 1.90. The highest BCUT2D eigenvalue weighted by atomic mass is 16.5. The first kappa shape index (κ1) is 19.5. The minimum atomic E-state index is -0.324. The van der Waals surface area contributed by atoms with E-state index in [9.17, 15) is 9.90 Å². The van der Waals surface area contributed by atoms with Crippen molar-refractivity contribution >= 4 is 11.6 Å². The van der Waals surface area contributed by atoms with Gasteiger partial charge < -0.3 is 9.84 Å². The zero-order valence-corrected chi connectivity index (χ0v) is 15.7. The van der Waals surface area contributed by atoms with Crippen LogP contribution in [0, 0.1) is 0 Å². The van der Waals surface area contributed by atoms with Crippen molar-refractivity contribution in [1.29, 1.82) is 0 Å². The topological polar surface area (TPSA) is 70.9 Å². The number of nitrogens with one attached hydrogen (secondary N) is 1. The number of rotatable bonds is 6. The molecule has 0 spiro atoms. The maximum atomic E-state index is 12.0. The van der Waals surface area contributed by atoms with Crippen molar-refractivity contribution in [2.75, 3.05) is 6.61 Å². The molecule has 2 N–H and O–H groups in total. The van der Waals surface area contributed by atoms with Gasteiger partial charge in [0.25, 0.3) is 5.91 Å². The van der Waals surface area contributed by atoms with E-state index in [2.05, 4.69) is 31.3 Å². The third-order valence-corrected chi connectivity index (χ3v) is 3.94. The van der Waals surface area contributed by atoms with Crippen molar-refractivity contribution in [2.45, 2.75) is 39.5 Å². The van der Waals surface area contributed by atoms with Crippen LogP contribution in [-0.2, 0) is 10.2 Å². The summed E-state index contributed by atoms with van der Waals surface area (Å²) in [4.78, 5) is 12.0. The third kappa shape index (κ3) is 5.62. The fourth-order valence-corrected chi connectivity index (χ4v) is 2.36. The average Bonchev–Trinajstić information content (AvgIpc) is 2.61. The Kier molecular flexibility index (Phi) is 6.39. The predicted molar refractivity (Wildman–Crippen MR) is 104 cm³/mol. The number of phenols is 1. The second-order valence-corrected chi connectivity index (χ2v) is 7.06. The van der Waals surface area contributed by atoms with Crippen molar-refractivity contribution in [3.8, 4) is 11.5 Å². The van der Waals surface area contributed by atoms with Gasteiger partial charge in [0, 0.05) is 0 Å². The molecule has 26 heavy (non-hydrogen) atoms. The summed E-state index contributed by atoms with van der Waals surface area (Å²) in [6, 6.07) is 14.4. The quantitative estimate of drug-likeness (QED) is 0.608. The molecular formula is C21H26N2O3. The van der Waals surface area contributed by atoms with Crippen LogP contribution >= 0.6 is 0 Å². The van der Waals surface area contributed by atoms with Crippen LogP contribution in [0.25, 0.3) is 0 Å². The molecule has 0 unspecified atom stereocenters. The Morgan fingerprint density at radius 2 is 1.69 bits per heavy atom. The van der Waals surface area contributed by atoms with Crippen molar-refractivity contribution in [2.24, 2.45) is 5.10 Å². The number of ether oxygens (including phenoxy) is 1. The highest BCUT2D eigenvalue weighted by molar-refractivity contribution is 6.01. The largest absolute Gasteiger partial charge is 0.508 e. The van der Waals surface area contributed by atoms with E-state index in [0.717, 1.165) is 11.3 Å². The number of hydrogen-bond acceptors (Lipinski definition) is 4. The van der Waals surface area contributed by atoms with Gasteiger partial charge in [-0.25, -0.2) is 5.43 Å². The summed E-state index contributed by atoms with van der Waals surface area (Å²) in [5.74, 6) is 0.514. The molecule has 138 valence electrons. The van der Waals surface area contributed by atoms with Gasteiger partial charge in [0.1, 0.15) is 11.5 Å². The monoisotopic (exact) mass is 354 g/mol. The van der Waals surface area contributed by atoms with Gasteiger partial charge in [-0.05, 0) is 59.4 Å². The number of hydrazone groups is 1. The van der Waals surface area contributed by atoms with Gasteiger partial charge in [-0.2, -0.15) is 5.10 Å². The van der Waals surface area contributed by atoms with E-state index in [-0.39, 0.29) is 23.7 Å². The van der Waals surface area contributed by atoms with Crippen molar-refractivity contribution < 1.29 is 14.6 Å². The fraction of sp³-hybridized carbons (Fsp3) is 0.333. The summed E-state index contributed by atoms with van der Waals surface area (Å²) in [7, 11) is 0. The van der Waals surface area contributed by atoms with Crippen LogP contribution in [-0.4, -0.2) is 23.3 Å². The second kappa shape index (κ2) is 8.52. The molecule has 0 aliphatic heterocycles. The first-order chi connectivity index (χ1) is 12.3. The standard InChI is InChI=1S/C21H26N2O3/c1-5-19(15-6-10-17(24)11-7-15)22-23-20(25)14-26-18-12-8-16(9-13-18)21(2,3)4/h6-13,24H,5,14H2,1-4H3,(H,23,25)/b22-19+. The molecule has 0 fully saturated rings. The molecule has 2 aromatic carbocycles. The Labute approximate surface area is 154 Å². The Bertz CT molecular complexity index is 757. The normalized spacial score (nSPS) is 11.9. The fourth-order valence-electron chi connectivity index (χ4n) is 2.36. The lowest BCUT2D eigenvalue weighted by Gasteiger charge is -2.19. The van der Waals surface area contributed by atoms with Crippen LogP contribution in [0.15, 0.2) is 53.6 Å². The number of benzene rings is 2. The predicted octanol–water partition coefficient (Wildman–Crippen LogP) is 4.00. The summed E-state index contributed by atoms with van der Waals surface area (Å²) in [5, 5.41) is 13.5. The molecule has 0 saturated heterocycles. The summed E-state index contributed by atoms with van der Waals surface area (Å²) in [5.41, 5.74) is 5.38. The average molecular weight is 354 g/mol. The zero-order chi connectivity index (χ0) is 19.2. The maximum absolute atomic E-state index is 12.0. The summed E-state index contributed by atoms with van der Waals surface area (Å²) < 4.78 is 5.51. The number of carbonyl (C=O) groups excluding carboxylic acids is 1.